The molecule has 0 spiro atoms. The maximum absolute atomic E-state index is 5.21. The second kappa shape index (κ2) is 6.32. The van der Waals surface area contributed by atoms with Crippen molar-refractivity contribution < 1.29 is 4.74 Å². The van der Waals surface area contributed by atoms with E-state index < -0.39 is 0 Å². The second-order valence-electron chi connectivity index (χ2n) is 4.63. The van der Waals surface area contributed by atoms with Crippen LogP contribution in [0.15, 0.2) is 35.6 Å². The molecule has 0 aliphatic carbocycles. The van der Waals surface area contributed by atoms with Gasteiger partial charge < -0.3 is 9.72 Å². The highest BCUT2D eigenvalue weighted by atomic mass is 32.2. The maximum Gasteiger partial charge on any atom is 0.191 e. The lowest BCUT2D eigenvalue weighted by atomic mass is 10.1. The van der Waals surface area contributed by atoms with Gasteiger partial charge in [0.15, 0.2) is 11.0 Å². The van der Waals surface area contributed by atoms with Crippen molar-refractivity contribution in [3.63, 3.8) is 0 Å². The van der Waals surface area contributed by atoms with Crippen molar-refractivity contribution >= 4 is 22.7 Å². The molecule has 0 atom stereocenters. The number of nitrogens with one attached hydrogen (secondary N) is 1. The number of nitrogens with zero attached hydrogens (tertiary/aromatic N) is 3. The van der Waals surface area contributed by atoms with Crippen LogP contribution in [-0.4, -0.2) is 39.2 Å². The molecule has 2 aromatic heterocycles. The zero-order valence-corrected chi connectivity index (χ0v) is 13.0. The summed E-state index contributed by atoms with van der Waals surface area (Å²) in [6.45, 7) is 3.51. The van der Waals surface area contributed by atoms with E-state index in [4.69, 9.17) is 4.74 Å². The Hall–Kier alpha value is -1.79. The van der Waals surface area contributed by atoms with Crippen LogP contribution in [0.3, 0.4) is 0 Å². The Labute approximate surface area is 127 Å². The minimum Gasteiger partial charge on any atom is -0.383 e. The number of thioether (sulfide) groups is 1. The van der Waals surface area contributed by atoms with Crippen LogP contribution < -0.4 is 0 Å². The normalized spacial score (nSPS) is 11.3. The monoisotopic (exact) mass is 302 g/mol. The lowest BCUT2D eigenvalue weighted by molar-refractivity contribution is 0.185. The number of benzene rings is 1. The van der Waals surface area contributed by atoms with E-state index in [1.54, 1.807) is 18.9 Å². The quantitative estimate of drug-likeness (QED) is 0.711. The van der Waals surface area contributed by atoms with E-state index in [0.29, 0.717) is 6.61 Å². The summed E-state index contributed by atoms with van der Waals surface area (Å²) in [5.74, 6) is 1.86. The lowest BCUT2D eigenvalue weighted by Crippen LogP contribution is -2.07. The van der Waals surface area contributed by atoms with Gasteiger partial charge in [-0.25, -0.2) is 0 Å². The number of H-pyrrole nitrogens is 1. The molecule has 0 amide bonds. The Balaban J connectivity index is 2.08. The molecule has 0 radical (unpaired) electrons. The third-order valence-electron chi connectivity index (χ3n) is 3.34. The molecular formula is C15H18N4OS. The number of methoxy groups -OCH3 is 1. The molecule has 5 nitrogen and oxygen atoms in total. The Morgan fingerprint density at radius 1 is 1.29 bits per heavy atom. The highest BCUT2D eigenvalue weighted by molar-refractivity contribution is 7.99. The smallest absolute Gasteiger partial charge is 0.191 e. The number of rotatable bonds is 6. The molecule has 0 fully saturated rings. The molecule has 110 valence electrons. The first-order chi connectivity index (χ1) is 10.3. The van der Waals surface area contributed by atoms with Crippen molar-refractivity contribution in [1.82, 2.24) is 19.7 Å². The second-order valence-corrected chi connectivity index (χ2v) is 5.86. The van der Waals surface area contributed by atoms with Gasteiger partial charge in [-0.1, -0.05) is 36.9 Å². The van der Waals surface area contributed by atoms with E-state index in [2.05, 4.69) is 38.8 Å². The van der Waals surface area contributed by atoms with Crippen LogP contribution in [0.2, 0.25) is 0 Å². The van der Waals surface area contributed by atoms with Crippen LogP contribution >= 0.6 is 11.8 Å². The Morgan fingerprint density at radius 3 is 2.95 bits per heavy atom. The lowest BCUT2D eigenvalue weighted by Gasteiger charge is -2.08. The zero-order chi connectivity index (χ0) is 14.7. The number of aromatic amines is 1. The average Bonchev–Trinajstić information content (AvgIpc) is 3.09. The van der Waals surface area contributed by atoms with Crippen molar-refractivity contribution in [2.75, 3.05) is 19.5 Å². The molecule has 3 rings (SSSR count). The summed E-state index contributed by atoms with van der Waals surface area (Å²) in [7, 11) is 1.71. The number of para-hydroxylation sites is 1. The van der Waals surface area contributed by atoms with E-state index in [0.717, 1.165) is 39.7 Å². The van der Waals surface area contributed by atoms with E-state index in [9.17, 15) is 0 Å². The Kier molecular flexibility index (Phi) is 4.26. The maximum atomic E-state index is 5.21. The third-order valence-corrected chi connectivity index (χ3v) is 4.19. The van der Waals surface area contributed by atoms with Crippen LogP contribution in [0, 0.1) is 0 Å². The molecule has 1 N–H and O–H groups in total. The SMILES string of the molecule is CCSc1nnc(-c2c[nH]c3ccccc23)n1CCOC. The topological polar surface area (TPSA) is 55.7 Å². The van der Waals surface area contributed by atoms with Gasteiger partial charge in [0.1, 0.15) is 0 Å². The largest absolute Gasteiger partial charge is 0.383 e. The molecule has 21 heavy (non-hydrogen) atoms. The van der Waals surface area contributed by atoms with Gasteiger partial charge in [0, 0.05) is 29.8 Å². The fraction of sp³-hybridized carbons (Fsp3) is 0.333. The summed E-state index contributed by atoms with van der Waals surface area (Å²) < 4.78 is 7.35. The minimum absolute atomic E-state index is 0.644. The van der Waals surface area contributed by atoms with Gasteiger partial charge in [0.25, 0.3) is 0 Å². The molecule has 0 aliphatic heterocycles. The van der Waals surface area contributed by atoms with E-state index in [-0.39, 0.29) is 0 Å². The highest BCUT2D eigenvalue weighted by Gasteiger charge is 2.16. The number of aromatic nitrogens is 4. The number of fused-ring (bicyclic) bond motifs is 1. The van der Waals surface area contributed by atoms with Gasteiger partial charge >= 0.3 is 0 Å². The zero-order valence-electron chi connectivity index (χ0n) is 12.2. The fourth-order valence-corrected chi connectivity index (χ4v) is 3.05. The van der Waals surface area contributed by atoms with Crippen LogP contribution in [0.5, 0.6) is 0 Å². The van der Waals surface area contributed by atoms with Gasteiger partial charge in [-0.2, -0.15) is 0 Å². The fourth-order valence-electron chi connectivity index (χ4n) is 2.36. The Bertz CT molecular complexity index is 734. The summed E-state index contributed by atoms with van der Waals surface area (Å²) >= 11 is 1.70. The first kappa shape index (κ1) is 14.2. The van der Waals surface area contributed by atoms with Crippen molar-refractivity contribution in [2.24, 2.45) is 0 Å². The predicted octanol–water partition coefficient (Wildman–Crippen LogP) is 3.18. The predicted molar refractivity (Wildman–Crippen MR) is 85.6 cm³/mol. The van der Waals surface area contributed by atoms with E-state index >= 15 is 0 Å². The summed E-state index contributed by atoms with van der Waals surface area (Å²) in [6.07, 6.45) is 2.00. The highest BCUT2D eigenvalue weighted by Crippen LogP contribution is 2.29. The van der Waals surface area contributed by atoms with Crippen LogP contribution in [-0.2, 0) is 11.3 Å². The van der Waals surface area contributed by atoms with Crippen LogP contribution in [0.1, 0.15) is 6.92 Å². The molecule has 0 unspecified atom stereocenters. The molecular weight excluding hydrogens is 284 g/mol. The summed E-state index contributed by atoms with van der Waals surface area (Å²) in [4.78, 5) is 3.29. The van der Waals surface area contributed by atoms with Gasteiger partial charge in [0.05, 0.1) is 13.2 Å². The van der Waals surface area contributed by atoms with E-state index in [1.807, 2.05) is 18.3 Å². The van der Waals surface area contributed by atoms with Crippen molar-refractivity contribution in [3.8, 4) is 11.4 Å². The van der Waals surface area contributed by atoms with Crippen molar-refractivity contribution in [3.05, 3.63) is 30.5 Å². The molecule has 6 heteroatoms. The molecule has 0 saturated carbocycles. The van der Waals surface area contributed by atoms with E-state index in [1.165, 1.54) is 0 Å². The first-order valence-corrected chi connectivity index (χ1v) is 7.95. The Morgan fingerprint density at radius 2 is 2.14 bits per heavy atom. The van der Waals surface area contributed by atoms with Crippen LogP contribution in [0.25, 0.3) is 22.3 Å². The third kappa shape index (κ3) is 2.69. The molecule has 2 heterocycles. The van der Waals surface area contributed by atoms with Gasteiger partial charge in [-0.15, -0.1) is 10.2 Å². The van der Waals surface area contributed by atoms with Crippen molar-refractivity contribution in [2.45, 2.75) is 18.6 Å². The number of ether oxygens (including phenoxy) is 1. The molecule has 1 aromatic carbocycles. The summed E-state index contributed by atoms with van der Waals surface area (Å²) in [6, 6.07) is 8.23. The average molecular weight is 302 g/mol. The minimum atomic E-state index is 0.644. The molecule has 3 aromatic rings. The molecule has 0 aliphatic rings. The summed E-state index contributed by atoms with van der Waals surface area (Å²) in [5.41, 5.74) is 2.19. The molecule has 0 saturated heterocycles. The van der Waals surface area contributed by atoms with Crippen LogP contribution in [0.4, 0.5) is 0 Å². The summed E-state index contributed by atoms with van der Waals surface area (Å²) in [5, 5.41) is 10.8. The number of hydrogen-bond acceptors (Lipinski definition) is 4. The number of hydrogen-bond donors (Lipinski definition) is 1. The molecule has 0 bridgehead atoms. The van der Waals surface area contributed by atoms with Gasteiger partial charge in [-0.3, -0.25) is 4.57 Å². The van der Waals surface area contributed by atoms with Crippen molar-refractivity contribution in [1.29, 1.82) is 0 Å². The first-order valence-electron chi connectivity index (χ1n) is 6.96. The van der Waals surface area contributed by atoms with Gasteiger partial charge in [-0.05, 0) is 11.8 Å². The van der Waals surface area contributed by atoms with Gasteiger partial charge in [0.2, 0.25) is 0 Å². The standard InChI is InChI=1S/C15H18N4OS/c1-3-21-15-18-17-14(19(15)8-9-20-2)12-10-16-13-7-5-4-6-11(12)13/h4-7,10,16H,3,8-9H2,1-2H3.